The molecular weight excluding hydrogens is 264 g/mol. The molecule has 1 atom stereocenters. The molecule has 114 valence electrons. The van der Waals surface area contributed by atoms with E-state index in [1.807, 2.05) is 37.8 Å². The van der Waals surface area contributed by atoms with E-state index in [9.17, 15) is 4.79 Å². The van der Waals surface area contributed by atoms with Gasteiger partial charge in [0.05, 0.1) is 0 Å². The number of hydrogen-bond donors (Lipinski definition) is 2. The van der Waals surface area contributed by atoms with Crippen LogP contribution >= 0.6 is 0 Å². The summed E-state index contributed by atoms with van der Waals surface area (Å²) >= 11 is 0. The summed E-state index contributed by atoms with van der Waals surface area (Å²) in [5, 5.41) is 2.86. The topological polar surface area (TPSA) is 70.7 Å². The average Bonchev–Trinajstić information content (AvgIpc) is 2.45. The van der Waals surface area contributed by atoms with Crippen LogP contribution in [0.5, 0.6) is 0 Å². The third-order valence-electron chi connectivity index (χ3n) is 3.80. The first-order valence-corrected chi connectivity index (χ1v) is 6.82. The molecular formula is C16H24N4O. The fraction of sp³-hybridized carbons (Fsp3) is 0.438. The van der Waals surface area contributed by atoms with E-state index in [0.717, 1.165) is 34.8 Å². The highest BCUT2D eigenvalue weighted by molar-refractivity contribution is 6.03. The van der Waals surface area contributed by atoms with Crippen LogP contribution in [0.3, 0.4) is 0 Å². The Balaban J connectivity index is 3.35. The molecule has 1 aliphatic rings. The molecule has 0 aliphatic carbocycles. The molecule has 0 spiro atoms. The Morgan fingerprint density at radius 1 is 1.57 bits per heavy atom. The molecule has 5 nitrogen and oxygen atoms in total. The van der Waals surface area contributed by atoms with Gasteiger partial charge in [0.2, 0.25) is 0 Å². The summed E-state index contributed by atoms with van der Waals surface area (Å²) in [7, 11) is 5.40. The Hall–Kier alpha value is -2.26. The standard InChI is InChI=1S/C16H24N4O/c1-10(11(2)17)16(19-5)13-7-14(15(9-21)18-4)12(3)20(6)8-13/h7,13,18H,3,8,17H2,1-2,4-6H3/b11-10+,19-16+. The SMILES string of the molecule is C=C1C(C(=C=O)NC)=CC(C(=N/C)/C(C)=C(\C)N)CN1C. The van der Waals surface area contributed by atoms with Crippen molar-refractivity contribution < 1.29 is 4.79 Å². The zero-order valence-electron chi connectivity index (χ0n) is 13.4. The molecule has 1 rings (SSSR count). The molecule has 0 aromatic heterocycles. The molecule has 0 bridgehead atoms. The lowest BCUT2D eigenvalue weighted by Gasteiger charge is -2.33. The van der Waals surface area contributed by atoms with E-state index in [-0.39, 0.29) is 5.92 Å². The van der Waals surface area contributed by atoms with Gasteiger partial charge >= 0.3 is 0 Å². The van der Waals surface area contributed by atoms with Gasteiger partial charge in [0, 0.05) is 56.3 Å². The van der Waals surface area contributed by atoms with Crippen LogP contribution in [0.4, 0.5) is 0 Å². The smallest absolute Gasteiger partial charge is 0.150 e. The third kappa shape index (κ3) is 3.44. The van der Waals surface area contributed by atoms with Crippen molar-refractivity contribution in [3.05, 3.63) is 40.9 Å². The van der Waals surface area contributed by atoms with Gasteiger partial charge in [-0.3, -0.25) is 4.99 Å². The number of rotatable bonds is 4. The second-order valence-corrected chi connectivity index (χ2v) is 5.16. The predicted molar refractivity (Wildman–Crippen MR) is 87.5 cm³/mol. The van der Waals surface area contributed by atoms with Gasteiger partial charge in [-0.05, 0) is 19.4 Å². The minimum atomic E-state index is 0.0516. The van der Waals surface area contributed by atoms with Crippen molar-refractivity contribution in [1.29, 1.82) is 0 Å². The van der Waals surface area contributed by atoms with E-state index in [2.05, 4.69) is 16.9 Å². The summed E-state index contributed by atoms with van der Waals surface area (Å²) in [6, 6.07) is 0. The molecule has 0 saturated carbocycles. The highest BCUT2D eigenvalue weighted by Gasteiger charge is 2.27. The van der Waals surface area contributed by atoms with Crippen molar-refractivity contribution in [3.63, 3.8) is 0 Å². The Bertz CT molecular complexity index is 573. The monoisotopic (exact) mass is 288 g/mol. The zero-order chi connectivity index (χ0) is 16.2. The molecule has 1 aliphatic heterocycles. The van der Waals surface area contributed by atoms with E-state index in [0.29, 0.717) is 5.70 Å². The number of aliphatic imine (C=N–C) groups is 1. The molecule has 0 saturated heterocycles. The van der Waals surface area contributed by atoms with Crippen LogP contribution in [0.25, 0.3) is 0 Å². The number of nitrogens with one attached hydrogen (secondary N) is 1. The van der Waals surface area contributed by atoms with E-state index in [1.54, 1.807) is 14.1 Å². The largest absolute Gasteiger partial charge is 0.402 e. The molecule has 3 N–H and O–H groups in total. The quantitative estimate of drug-likeness (QED) is 0.603. The predicted octanol–water partition coefficient (Wildman–Crippen LogP) is 1.25. The molecule has 1 heterocycles. The lowest BCUT2D eigenvalue weighted by Crippen LogP contribution is -2.35. The second-order valence-electron chi connectivity index (χ2n) is 5.16. The van der Waals surface area contributed by atoms with Crippen molar-refractivity contribution in [2.24, 2.45) is 16.6 Å². The van der Waals surface area contributed by atoms with Crippen molar-refractivity contribution in [3.8, 4) is 0 Å². The fourth-order valence-electron chi connectivity index (χ4n) is 2.41. The maximum Gasteiger partial charge on any atom is 0.150 e. The van der Waals surface area contributed by atoms with Gasteiger partial charge < -0.3 is 16.0 Å². The van der Waals surface area contributed by atoms with Gasteiger partial charge in [0.15, 0.2) is 5.94 Å². The number of hydrogen-bond acceptors (Lipinski definition) is 5. The Morgan fingerprint density at radius 3 is 2.62 bits per heavy atom. The third-order valence-corrected chi connectivity index (χ3v) is 3.80. The highest BCUT2D eigenvalue weighted by Crippen LogP contribution is 2.28. The first kappa shape index (κ1) is 16.8. The lowest BCUT2D eigenvalue weighted by atomic mass is 9.89. The van der Waals surface area contributed by atoms with Crippen LogP contribution < -0.4 is 11.1 Å². The van der Waals surface area contributed by atoms with Crippen molar-refractivity contribution in [2.45, 2.75) is 13.8 Å². The lowest BCUT2D eigenvalue weighted by molar-refractivity contribution is 0.394. The minimum Gasteiger partial charge on any atom is -0.402 e. The summed E-state index contributed by atoms with van der Waals surface area (Å²) in [6.07, 6.45) is 2.01. The molecule has 0 aromatic rings. The fourth-order valence-corrected chi connectivity index (χ4v) is 2.41. The normalized spacial score (nSPS) is 20.5. The van der Waals surface area contributed by atoms with Gasteiger partial charge in [-0.25, -0.2) is 4.79 Å². The summed E-state index contributed by atoms with van der Waals surface area (Å²) in [4.78, 5) is 17.5. The summed E-state index contributed by atoms with van der Waals surface area (Å²) in [6.45, 7) is 8.60. The van der Waals surface area contributed by atoms with Crippen molar-refractivity contribution >= 4 is 11.7 Å². The maximum atomic E-state index is 11.1. The van der Waals surface area contributed by atoms with Gasteiger partial charge in [-0.2, -0.15) is 0 Å². The summed E-state index contributed by atoms with van der Waals surface area (Å²) in [5.74, 6) is 1.98. The number of allylic oxidation sites excluding steroid dienone is 2. The van der Waals surface area contributed by atoms with Gasteiger partial charge in [-0.1, -0.05) is 12.7 Å². The van der Waals surface area contributed by atoms with E-state index < -0.39 is 0 Å². The van der Waals surface area contributed by atoms with Crippen LogP contribution in [0.2, 0.25) is 0 Å². The first-order chi connectivity index (χ1) is 9.87. The second kappa shape index (κ2) is 6.95. The highest BCUT2D eigenvalue weighted by atomic mass is 16.1. The Morgan fingerprint density at radius 2 is 2.19 bits per heavy atom. The Kier molecular flexibility index (Phi) is 5.56. The van der Waals surface area contributed by atoms with Gasteiger partial charge in [0.25, 0.3) is 0 Å². The van der Waals surface area contributed by atoms with Crippen molar-refractivity contribution in [1.82, 2.24) is 10.2 Å². The Labute approximate surface area is 126 Å². The van der Waals surface area contributed by atoms with Crippen LogP contribution in [0.1, 0.15) is 13.8 Å². The maximum absolute atomic E-state index is 11.1. The van der Waals surface area contributed by atoms with Crippen LogP contribution in [-0.2, 0) is 4.79 Å². The van der Waals surface area contributed by atoms with Crippen LogP contribution in [0.15, 0.2) is 45.9 Å². The molecule has 0 fully saturated rings. The van der Waals surface area contributed by atoms with E-state index in [1.165, 1.54) is 0 Å². The number of likely N-dealkylation sites (N-methyl/N-ethyl adjacent to an activating group) is 2. The number of carbonyl (C=O) groups excluding carboxylic acids is 1. The summed E-state index contributed by atoms with van der Waals surface area (Å²) < 4.78 is 0. The zero-order valence-corrected chi connectivity index (χ0v) is 13.4. The summed E-state index contributed by atoms with van der Waals surface area (Å²) in [5.41, 5.74) is 10.5. The number of nitrogens with zero attached hydrogens (tertiary/aromatic N) is 2. The molecule has 5 heteroatoms. The van der Waals surface area contributed by atoms with Gasteiger partial charge in [-0.15, -0.1) is 0 Å². The molecule has 0 amide bonds. The van der Waals surface area contributed by atoms with E-state index in [4.69, 9.17) is 5.73 Å². The van der Waals surface area contributed by atoms with Gasteiger partial charge in [0.1, 0.15) is 5.70 Å². The van der Waals surface area contributed by atoms with Crippen molar-refractivity contribution in [2.75, 3.05) is 27.7 Å². The molecule has 0 radical (unpaired) electrons. The van der Waals surface area contributed by atoms with Crippen LogP contribution in [0, 0.1) is 5.92 Å². The molecule has 21 heavy (non-hydrogen) atoms. The van der Waals surface area contributed by atoms with Crippen LogP contribution in [-0.4, -0.2) is 44.2 Å². The average molecular weight is 288 g/mol. The minimum absolute atomic E-state index is 0.0516. The molecule has 0 aromatic carbocycles. The number of nitrogens with two attached hydrogens (primary N) is 1. The van der Waals surface area contributed by atoms with E-state index >= 15 is 0 Å². The molecule has 1 unspecified atom stereocenters. The first-order valence-electron chi connectivity index (χ1n) is 6.82.